The third kappa shape index (κ3) is 3.01. The molecule has 25 heavy (non-hydrogen) atoms. The highest BCUT2D eigenvalue weighted by Gasteiger charge is 2.13. The van der Waals surface area contributed by atoms with Crippen molar-refractivity contribution in [1.82, 2.24) is 25.6 Å². The quantitative estimate of drug-likeness (QED) is 0.489. The van der Waals surface area contributed by atoms with Gasteiger partial charge in [-0.3, -0.25) is 4.79 Å². The molecule has 0 aliphatic carbocycles. The molecule has 0 atom stereocenters. The van der Waals surface area contributed by atoms with Gasteiger partial charge < -0.3 is 10.3 Å². The molecule has 0 unspecified atom stereocenters. The number of nitrogens with zero attached hydrogens (tertiary/aromatic N) is 3. The Bertz CT molecular complexity index is 1060. The van der Waals surface area contributed by atoms with Crippen LogP contribution in [0.5, 0.6) is 0 Å². The molecule has 2 aromatic carbocycles. The third-order valence-corrected chi connectivity index (χ3v) is 4.10. The number of nitrogens with one attached hydrogen (secondary N) is 3. The lowest BCUT2D eigenvalue weighted by Gasteiger charge is -2.04. The molecule has 7 nitrogen and oxygen atoms in total. The molecule has 0 radical (unpaired) electrons. The Kier molecular flexibility index (Phi) is 3.77. The fourth-order valence-corrected chi connectivity index (χ4v) is 2.90. The second-order valence-corrected chi connectivity index (χ2v) is 6.21. The summed E-state index contributed by atoms with van der Waals surface area (Å²) in [5, 5.41) is 16.8. The molecule has 4 aromatic rings. The lowest BCUT2D eigenvalue weighted by Crippen LogP contribution is -2.12. The summed E-state index contributed by atoms with van der Waals surface area (Å²) in [7, 11) is 0. The van der Waals surface area contributed by atoms with E-state index in [0.29, 0.717) is 26.9 Å². The maximum Gasteiger partial charge on any atom is 0.272 e. The van der Waals surface area contributed by atoms with E-state index in [1.807, 2.05) is 0 Å². The Morgan fingerprint density at radius 3 is 2.68 bits per heavy atom. The first kappa shape index (κ1) is 15.5. The van der Waals surface area contributed by atoms with Gasteiger partial charge in [-0.1, -0.05) is 15.9 Å². The van der Waals surface area contributed by atoms with Crippen LogP contribution in [0.1, 0.15) is 10.5 Å². The third-order valence-electron chi connectivity index (χ3n) is 3.64. The molecule has 0 aliphatic rings. The number of aromatic amines is 2. The SMILES string of the molecule is O=C(Nc1ccc(-c2nn[nH]n2)cc1)c1cc2c(F)cc(Br)cc2[nH]1. The van der Waals surface area contributed by atoms with E-state index in [1.165, 1.54) is 12.1 Å². The Labute approximate surface area is 148 Å². The highest BCUT2D eigenvalue weighted by Crippen LogP contribution is 2.24. The molecular formula is C16H10BrFN6O. The monoisotopic (exact) mass is 400 g/mol. The molecule has 1 amide bonds. The van der Waals surface area contributed by atoms with E-state index < -0.39 is 5.82 Å². The number of hydrogen-bond acceptors (Lipinski definition) is 4. The maximum absolute atomic E-state index is 13.9. The van der Waals surface area contributed by atoms with Crippen molar-refractivity contribution in [3.8, 4) is 11.4 Å². The molecule has 124 valence electrons. The van der Waals surface area contributed by atoms with Crippen molar-refractivity contribution in [1.29, 1.82) is 0 Å². The molecule has 0 aliphatic heterocycles. The van der Waals surface area contributed by atoms with E-state index in [4.69, 9.17) is 0 Å². The highest BCUT2D eigenvalue weighted by molar-refractivity contribution is 9.10. The van der Waals surface area contributed by atoms with Crippen LogP contribution < -0.4 is 5.32 Å². The maximum atomic E-state index is 13.9. The van der Waals surface area contributed by atoms with Crippen molar-refractivity contribution in [3.63, 3.8) is 0 Å². The molecular weight excluding hydrogens is 391 g/mol. The molecule has 0 spiro atoms. The van der Waals surface area contributed by atoms with Gasteiger partial charge >= 0.3 is 0 Å². The van der Waals surface area contributed by atoms with Crippen molar-refractivity contribution < 1.29 is 9.18 Å². The van der Waals surface area contributed by atoms with Gasteiger partial charge in [-0.15, -0.1) is 10.2 Å². The van der Waals surface area contributed by atoms with Crippen LogP contribution in [-0.2, 0) is 0 Å². The van der Waals surface area contributed by atoms with Crippen LogP contribution in [0.4, 0.5) is 10.1 Å². The van der Waals surface area contributed by atoms with Crippen molar-refractivity contribution in [2.24, 2.45) is 0 Å². The van der Waals surface area contributed by atoms with Gasteiger partial charge in [0, 0.05) is 21.1 Å². The molecule has 2 aromatic heterocycles. The number of rotatable bonds is 3. The Morgan fingerprint density at radius 2 is 1.96 bits per heavy atom. The zero-order valence-corrected chi connectivity index (χ0v) is 14.1. The molecule has 0 fully saturated rings. The predicted molar refractivity (Wildman–Crippen MR) is 93.5 cm³/mol. The van der Waals surface area contributed by atoms with Crippen molar-refractivity contribution in [2.45, 2.75) is 0 Å². The first-order valence-electron chi connectivity index (χ1n) is 7.23. The number of anilines is 1. The molecule has 0 saturated carbocycles. The fraction of sp³-hybridized carbons (Fsp3) is 0. The van der Waals surface area contributed by atoms with Gasteiger partial charge in [0.25, 0.3) is 5.91 Å². The normalized spacial score (nSPS) is 11.0. The van der Waals surface area contributed by atoms with E-state index in [-0.39, 0.29) is 11.6 Å². The minimum atomic E-state index is -0.399. The van der Waals surface area contributed by atoms with Gasteiger partial charge in [-0.05, 0) is 47.7 Å². The van der Waals surface area contributed by atoms with E-state index in [2.05, 4.69) is 46.9 Å². The van der Waals surface area contributed by atoms with Crippen molar-refractivity contribution in [2.75, 3.05) is 5.32 Å². The van der Waals surface area contributed by atoms with Gasteiger partial charge in [-0.25, -0.2) is 4.39 Å². The number of halogens is 2. The zero-order chi connectivity index (χ0) is 17.4. The number of amides is 1. The second-order valence-electron chi connectivity index (χ2n) is 5.30. The van der Waals surface area contributed by atoms with Gasteiger partial charge in [0.05, 0.1) is 5.52 Å². The van der Waals surface area contributed by atoms with E-state index in [9.17, 15) is 9.18 Å². The van der Waals surface area contributed by atoms with Gasteiger partial charge in [0.1, 0.15) is 11.5 Å². The van der Waals surface area contributed by atoms with Crippen LogP contribution in [0.2, 0.25) is 0 Å². The van der Waals surface area contributed by atoms with Crippen LogP contribution in [0.15, 0.2) is 46.9 Å². The molecule has 3 N–H and O–H groups in total. The van der Waals surface area contributed by atoms with Crippen LogP contribution >= 0.6 is 15.9 Å². The number of benzene rings is 2. The van der Waals surface area contributed by atoms with Crippen molar-refractivity contribution in [3.05, 3.63) is 58.4 Å². The number of carbonyl (C=O) groups is 1. The van der Waals surface area contributed by atoms with Gasteiger partial charge in [0.15, 0.2) is 0 Å². The average molecular weight is 401 g/mol. The van der Waals surface area contributed by atoms with E-state index in [1.54, 1.807) is 30.3 Å². The lowest BCUT2D eigenvalue weighted by molar-refractivity contribution is 0.102. The molecule has 0 saturated heterocycles. The van der Waals surface area contributed by atoms with Gasteiger partial charge in [-0.2, -0.15) is 5.21 Å². The Balaban J connectivity index is 1.56. The van der Waals surface area contributed by atoms with E-state index >= 15 is 0 Å². The minimum absolute atomic E-state index is 0.272. The lowest BCUT2D eigenvalue weighted by atomic mass is 10.2. The highest BCUT2D eigenvalue weighted by atomic mass is 79.9. The summed E-state index contributed by atoms with van der Waals surface area (Å²) in [4.78, 5) is 15.3. The van der Waals surface area contributed by atoms with E-state index in [0.717, 1.165) is 5.56 Å². The topological polar surface area (TPSA) is 99.3 Å². The number of H-pyrrole nitrogens is 2. The summed E-state index contributed by atoms with van der Waals surface area (Å²) in [5.74, 6) is -0.294. The van der Waals surface area contributed by atoms with Crippen molar-refractivity contribution >= 4 is 38.4 Å². The second kappa shape index (κ2) is 6.10. The Morgan fingerprint density at radius 1 is 1.16 bits per heavy atom. The number of hydrogen-bond donors (Lipinski definition) is 3. The summed E-state index contributed by atoms with van der Waals surface area (Å²) in [6, 6.07) is 11.5. The molecule has 9 heteroatoms. The summed E-state index contributed by atoms with van der Waals surface area (Å²) < 4.78 is 14.5. The number of tetrazole rings is 1. The first-order chi connectivity index (χ1) is 12.1. The number of fused-ring (bicyclic) bond motifs is 1. The standard InChI is InChI=1S/C16H10BrFN6O/c17-9-5-12(18)11-7-14(20-13(11)6-9)16(25)19-10-3-1-8(2-4-10)15-21-23-24-22-15/h1-7,20H,(H,19,25)(H,21,22,23,24). The first-order valence-corrected chi connectivity index (χ1v) is 8.02. The molecule has 0 bridgehead atoms. The Hall–Kier alpha value is -3.07. The summed E-state index contributed by atoms with van der Waals surface area (Å²) >= 11 is 3.23. The number of aromatic nitrogens is 5. The van der Waals surface area contributed by atoms with Crippen LogP contribution in [0.25, 0.3) is 22.3 Å². The summed E-state index contributed by atoms with van der Waals surface area (Å²) in [5.41, 5.74) is 2.18. The molecule has 4 rings (SSSR count). The predicted octanol–water partition coefficient (Wildman–Crippen LogP) is 3.50. The van der Waals surface area contributed by atoms with Crippen LogP contribution in [-0.4, -0.2) is 31.5 Å². The van der Waals surface area contributed by atoms with Crippen LogP contribution in [0.3, 0.4) is 0 Å². The smallest absolute Gasteiger partial charge is 0.272 e. The van der Waals surface area contributed by atoms with Gasteiger partial charge in [0.2, 0.25) is 5.82 Å². The van der Waals surface area contributed by atoms with Crippen LogP contribution in [0, 0.1) is 5.82 Å². The largest absolute Gasteiger partial charge is 0.350 e. The summed E-state index contributed by atoms with van der Waals surface area (Å²) in [6.45, 7) is 0. The average Bonchev–Trinajstić information content (AvgIpc) is 3.25. The molecule has 2 heterocycles. The zero-order valence-electron chi connectivity index (χ0n) is 12.5. The minimum Gasteiger partial charge on any atom is -0.350 e. The summed E-state index contributed by atoms with van der Waals surface area (Å²) in [6.07, 6.45) is 0. The number of carbonyl (C=O) groups excluding carboxylic acids is 1. The fourth-order valence-electron chi connectivity index (χ4n) is 2.47.